The molecule has 1 N–H and O–H groups in total. The van der Waals surface area contributed by atoms with Crippen LogP contribution in [0.1, 0.15) is 62.0 Å². The first-order valence-corrected chi connectivity index (χ1v) is 18.1. The number of carbonyl (C=O) groups is 2. The van der Waals surface area contributed by atoms with Gasteiger partial charge in [0, 0.05) is 54.4 Å². The lowest BCUT2D eigenvalue weighted by Crippen LogP contribution is -2.55. The maximum absolute atomic E-state index is 14.9. The summed E-state index contributed by atoms with van der Waals surface area (Å²) in [5, 5.41) is 14.4. The van der Waals surface area contributed by atoms with Crippen molar-refractivity contribution in [3.8, 4) is 11.8 Å². The minimum absolute atomic E-state index is 0.0924. The van der Waals surface area contributed by atoms with E-state index in [0.29, 0.717) is 77.2 Å². The first-order chi connectivity index (χ1) is 24.4. The molecule has 1 saturated heterocycles. The van der Waals surface area contributed by atoms with Gasteiger partial charge in [-0.25, -0.2) is 4.79 Å². The largest absolute Gasteiger partial charge is 0.493 e. The van der Waals surface area contributed by atoms with Gasteiger partial charge in [0.2, 0.25) is 5.91 Å². The van der Waals surface area contributed by atoms with Crippen LogP contribution in [0.3, 0.4) is 0 Å². The van der Waals surface area contributed by atoms with E-state index in [1.165, 1.54) is 0 Å². The summed E-state index contributed by atoms with van der Waals surface area (Å²) in [6, 6.07) is 19.3. The lowest BCUT2D eigenvalue weighted by atomic mass is 9.85. The molecule has 0 radical (unpaired) electrons. The minimum Gasteiger partial charge on any atom is -0.493 e. The van der Waals surface area contributed by atoms with Crippen LogP contribution in [0.2, 0.25) is 15.1 Å². The molecule has 2 aliphatic heterocycles. The zero-order chi connectivity index (χ0) is 36.9. The Morgan fingerprint density at radius 3 is 2.18 bits per heavy atom. The number of nitriles is 1. The normalized spacial score (nSPS) is 18.6. The minimum atomic E-state index is -0.898. The Labute approximate surface area is 314 Å². The van der Waals surface area contributed by atoms with E-state index >= 15 is 0 Å². The van der Waals surface area contributed by atoms with Crippen LogP contribution < -0.4 is 10.1 Å². The van der Waals surface area contributed by atoms with Crippen LogP contribution in [0, 0.1) is 11.3 Å². The van der Waals surface area contributed by atoms with Crippen molar-refractivity contribution in [3.63, 3.8) is 0 Å². The van der Waals surface area contributed by atoms with Crippen molar-refractivity contribution in [2.24, 2.45) is 4.99 Å². The van der Waals surface area contributed by atoms with Crippen molar-refractivity contribution >= 4 is 52.6 Å². The third-order valence-corrected chi connectivity index (χ3v) is 9.91. The molecule has 10 nitrogen and oxygen atoms in total. The third kappa shape index (κ3) is 8.79. The van der Waals surface area contributed by atoms with Gasteiger partial charge in [-0.2, -0.15) is 5.26 Å². The van der Waals surface area contributed by atoms with E-state index in [4.69, 9.17) is 49.3 Å². The number of piperazine rings is 1. The Hall–Kier alpha value is -3.85. The van der Waals surface area contributed by atoms with Crippen molar-refractivity contribution < 1.29 is 19.1 Å². The number of rotatable bonds is 11. The number of aliphatic imine (C=N–C) groups is 1. The number of nitrogens with zero attached hydrogens (tertiary/aromatic N) is 5. The van der Waals surface area contributed by atoms with Crippen molar-refractivity contribution in [3.05, 3.63) is 98.0 Å². The van der Waals surface area contributed by atoms with Crippen LogP contribution in [0.25, 0.3) is 0 Å². The molecule has 51 heavy (non-hydrogen) atoms. The van der Waals surface area contributed by atoms with Crippen LogP contribution >= 0.6 is 34.8 Å². The quantitative estimate of drug-likeness (QED) is 0.221. The van der Waals surface area contributed by atoms with Crippen LogP contribution in [-0.4, -0.2) is 91.6 Å². The predicted octanol–water partition coefficient (Wildman–Crippen LogP) is 7.28. The third-order valence-electron chi connectivity index (χ3n) is 9.09. The maximum atomic E-state index is 14.9. The highest BCUT2D eigenvalue weighted by molar-refractivity contribution is 6.32. The second kappa shape index (κ2) is 16.7. The van der Waals surface area contributed by atoms with Crippen molar-refractivity contribution in [2.75, 3.05) is 53.0 Å². The van der Waals surface area contributed by atoms with Gasteiger partial charge >= 0.3 is 6.03 Å². The molecule has 3 amide bonds. The van der Waals surface area contributed by atoms with Crippen LogP contribution in [0.15, 0.2) is 65.7 Å². The molecular weight excluding hydrogens is 711 g/mol. The molecule has 0 aromatic heterocycles. The first-order valence-electron chi connectivity index (χ1n) is 16.9. The average Bonchev–Trinajstić information content (AvgIpc) is 3.50. The van der Waals surface area contributed by atoms with E-state index in [-0.39, 0.29) is 24.5 Å². The zero-order valence-corrected chi connectivity index (χ0v) is 31.7. The number of benzene rings is 3. The molecule has 13 heteroatoms. The molecule has 1 unspecified atom stereocenters. The van der Waals surface area contributed by atoms with E-state index in [0.717, 1.165) is 11.1 Å². The molecule has 1 fully saturated rings. The van der Waals surface area contributed by atoms with Gasteiger partial charge < -0.3 is 19.7 Å². The monoisotopic (exact) mass is 752 g/mol. The fourth-order valence-corrected chi connectivity index (χ4v) is 7.11. The van der Waals surface area contributed by atoms with Crippen molar-refractivity contribution in [1.29, 1.82) is 5.26 Å². The Morgan fingerprint density at radius 2 is 1.61 bits per heavy atom. The number of carbonyl (C=O) groups excluding carboxylic acids is 2. The molecule has 5 rings (SSSR count). The molecule has 270 valence electrons. The van der Waals surface area contributed by atoms with Gasteiger partial charge in [0.05, 0.1) is 42.8 Å². The highest BCUT2D eigenvalue weighted by atomic mass is 35.5. The molecule has 3 aromatic carbocycles. The standard InChI is InChI=1S/C38H43Cl3N6O4/c1-6-51-32-20-30(38(3,4)23-42)31(41)19-29(32)36-44-34(25-7-11-27(39)12-8-25)35(26-9-13-28(40)14-10-26)47(36)37(49)46-17-15-45(16-18-46)21-33(48)43-24(2)22-50-5/h7-14,19-20,24,34-35H,6,15-18,21-22H2,1-5H3,(H,43,48)/t24?,34-,35+/m0/s1. The summed E-state index contributed by atoms with van der Waals surface area (Å²) in [4.78, 5) is 38.4. The van der Waals surface area contributed by atoms with Gasteiger partial charge in [-0.3, -0.25) is 19.6 Å². The van der Waals surface area contributed by atoms with Crippen LogP contribution in [0.5, 0.6) is 5.75 Å². The summed E-state index contributed by atoms with van der Waals surface area (Å²) in [7, 11) is 1.60. The van der Waals surface area contributed by atoms with E-state index in [9.17, 15) is 14.9 Å². The van der Waals surface area contributed by atoms with Gasteiger partial charge in [0.1, 0.15) is 17.6 Å². The first kappa shape index (κ1) is 38.4. The molecule has 0 bridgehead atoms. The molecule has 2 aliphatic rings. The van der Waals surface area contributed by atoms with Gasteiger partial charge in [-0.1, -0.05) is 59.1 Å². The molecule has 0 spiro atoms. The number of urea groups is 1. The zero-order valence-electron chi connectivity index (χ0n) is 29.5. The van der Waals surface area contributed by atoms with Crippen molar-refractivity contribution in [2.45, 2.75) is 51.2 Å². The summed E-state index contributed by atoms with van der Waals surface area (Å²) in [5.74, 6) is 0.757. The lowest BCUT2D eigenvalue weighted by molar-refractivity contribution is -0.123. The summed E-state index contributed by atoms with van der Waals surface area (Å²) >= 11 is 19.6. The fraction of sp³-hybridized carbons (Fsp3) is 0.421. The Balaban J connectivity index is 1.57. The van der Waals surface area contributed by atoms with E-state index in [1.54, 1.807) is 55.0 Å². The maximum Gasteiger partial charge on any atom is 0.326 e. The molecule has 0 aliphatic carbocycles. The Kier molecular flexibility index (Phi) is 12.5. The van der Waals surface area contributed by atoms with Crippen LogP contribution in [-0.2, 0) is 14.9 Å². The number of hydrogen-bond donors (Lipinski definition) is 1. The van der Waals surface area contributed by atoms with E-state index in [1.807, 2.05) is 55.1 Å². The number of halogens is 3. The highest BCUT2D eigenvalue weighted by Crippen LogP contribution is 2.46. The Bertz CT molecular complexity index is 1790. The van der Waals surface area contributed by atoms with Gasteiger partial charge in [0.25, 0.3) is 0 Å². The number of ether oxygens (including phenoxy) is 2. The SMILES string of the molecule is CCOc1cc(C(C)(C)C#N)c(Cl)cc1C1=N[C@@H](c2ccc(Cl)cc2)[C@@H](c2ccc(Cl)cc2)N1C(=O)N1CCN(CC(=O)NC(C)COC)CC1. The molecule has 3 aromatic rings. The van der Waals surface area contributed by atoms with Crippen molar-refractivity contribution in [1.82, 2.24) is 20.0 Å². The molecule has 2 heterocycles. The van der Waals surface area contributed by atoms with Gasteiger partial charge in [-0.05, 0) is 80.8 Å². The predicted molar refractivity (Wildman–Crippen MR) is 201 cm³/mol. The van der Waals surface area contributed by atoms with E-state index in [2.05, 4.69) is 11.4 Å². The number of amidine groups is 1. The second-order valence-corrected chi connectivity index (χ2v) is 14.6. The second-order valence-electron chi connectivity index (χ2n) is 13.3. The van der Waals surface area contributed by atoms with E-state index < -0.39 is 17.5 Å². The fourth-order valence-electron chi connectivity index (χ4n) is 6.46. The molecule has 3 atom stereocenters. The molecule has 0 saturated carbocycles. The summed E-state index contributed by atoms with van der Waals surface area (Å²) in [6.45, 7) is 10.2. The summed E-state index contributed by atoms with van der Waals surface area (Å²) in [5.41, 5.74) is 1.93. The van der Waals surface area contributed by atoms with Gasteiger partial charge in [-0.15, -0.1) is 0 Å². The Morgan fingerprint density at radius 1 is 1.00 bits per heavy atom. The lowest BCUT2D eigenvalue weighted by Gasteiger charge is -2.39. The number of methoxy groups -OCH3 is 1. The van der Waals surface area contributed by atoms with Gasteiger partial charge in [0.15, 0.2) is 0 Å². The van der Waals surface area contributed by atoms with Crippen LogP contribution in [0.4, 0.5) is 4.79 Å². The summed E-state index contributed by atoms with van der Waals surface area (Å²) in [6.07, 6.45) is 0. The molecular formula is C38H43Cl3N6O4. The topological polar surface area (TPSA) is 110 Å². The smallest absolute Gasteiger partial charge is 0.326 e. The summed E-state index contributed by atoms with van der Waals surface area (Å²) < 4.78 is 11.3. The number of amides is 3. The number of nitrogens with one attached hydrogen (secondary N) is 1. The highest BCUT2D eigenvalue weighted by Gasteiger charge is 2.45. The number of hydrogen-bond acceptors (Lipinski definition) is 7. The average molecular weight is 754 g/mol.